The minimum Gasteiger partial charge on any atom is -0.322 e. The van der Waals surface area contributed by atoms with E-state index in [-0.39, 0.29) is 18.2 Å². The number of benzene rings is 3. The number of anilines is 2. The summed E-state index contributed by atoms with van der Waals surface area (Å²) in [5.41, 5.74) is 5.99. The van der Waals surface area contributed by atoms with Crippen LogP contribution in [-0.2, 0) is 17.6 Å². The van der Waals surface area contributed by atoms with Gasteiger partial charge in [0, 0.05) is 45.5 Å². The van der Waals surface area contributed by atoms with E-state index < -0.39 is 0 Å². The predicted molar refractivity (Wildman–Crippen MR) is 151 cm³/mol. The number of nitrogens with zero attached hydrogens (tertiary/aromatic N) is 2. The molecule has 0 saturated carbocycles. The van der Waals surface area contributed by atoms with E-state index in [2.05, 4.69) is 30.2 Å². The van der Waals surface area contributed by atoms with Gasteiger partial charge in [0.15, 0.2) is 0 Å². The van der Waals surface area contributed by atoms with Crippen LogP contribution in [0.25, 0.3) is 11.1 Å². The summed E-state index contributed by atoms with van der Waals surface area (Å²) in [4.78, 5) is 33.6. The summed E-state index contributed by atoms with van der Waals surface area (Å²) in [6, 6.07) is 27.5. The summed E-state index contributed by atoms with van der Waals surface area (Å²) in [6.07, 6.45) is 2.73. The summed E-state index contributed by atoms with van der Waals surface area (Å²) in [7, 11) is 0. The number of hydrogen-bond acceptors (Lipinski definition) is 4. The molecular formula is C31H29N3O2S. The van der Waals surface area contributed by atoms with Crippen molar-refractivity contribution in [2.24, 2.45) is 0 Å². The Labute approximate surface area is 221 Å². The molecule has 4 aromatic rings. The fourth-order valence-electron chi connectivity index (χ4n) is 4.62. The van der Waals surface area contributed by atoms with Crippen LogP contribution in [0.5, 0.6) is 0 Å². The molecule has 186 valence electrons. The van der Waals surface area contributed by atoms with Crippen LogP contribution in [0.2, 0.25) is 0 Å². The Morgan fingerprint density at radius 2 is 1.78 bits per heavy atom. The van der Waals surface area contributed by atoms with Crippen molar-refractivity contribution in [1.29, 1.82) is 0 Å². The van der Waals surface area contributed by atoms with Crippen molar-refractivity contribution in [3.63, 3.8) is 0 Å². The Bertz CT molecular complexity index is 1420. The molecule has 5 rings (SSSR count). The van der Waals surface area contributed by atoms with E-state index in [0.29, 0.717) is 17.4 Å². The van der Waals surface area contributed by atoms with Gasteiger partial charge < -0.3 is 10.2 Å². The highest BCUT2D eigenvalue weighted by atomic mass is 32.2. The van der Waals surface area contributed by atoms with Gasteiger partial charge in [0.25, 0.3) is 5.91 Å². The first-order valence-electron chi connectivity index (χ1n) is 12.5. The number of nitrogens with one attached hydrogen (secondary N) is 1. The number of aromatic nitrogens is 1. The number of thioether (sulfide) groups is 1. The van der Waals surface area contributed by atoms with Crippen molar-refractivity contribution in [3.05, 3.63) is 108 Å². The van der Waals surface area contributed by atoms with Gasteiger partial charge in [0.1, 0.15) is 0 Å². The van der Waals surface area contributed by atoms with Crippen molar-refractivity contribution < 1.29 is 9.59 Å². The third-order valence-corrected chi connectivity index (χ3v) is 7.28. The first-order valence-corrected chi connectivity index (χ1v) is 13.4. The highest BCUT2D eigenvalue weighted by molar-refractivity contribution is 7.99. The molecule has 2 heterocycles. The van der Waals surface area contributed by atoms with Crippen LogP contribution in [0.4, 0.5) is 11.4 Å². The summed E-state index contributed by atoms with van der Waals surface area (Å²) in [5, 5.41) is 3.52. The number of pyridine rings is 1. The lowest BCUT2D eigenvalue weighted by atomic mass is 9.99. The number of carbonyl (C=O) groups excluding carboxylic acids is 2. The third-order valence-electron chi connectivity index (χ3n) is 6.28. The number of rotatable bonds is 7. The predicted octanol–water partition coefficient (Wildman–Crippen LogP) is 6.63. The molecule has 0 fully saturated rings. The van der Waals surface area contributed by atoms with Crippen molar-refractivity contribution in [1.82, 2.24) is 4.98 Å². The second kappa shape index (κ2) is 11.0. The highest BCUT2D eigenvalue weighted by Gasteiger charge is 2.25. The van der Waals surface area contributed by atoms with E-state index in [0.717, 1.165) is 45.1 Å². The molecule has 0 bridgehead atoms. The lowest BCUT2D eigenvalue weighted by Gasteiger charge is -2.18. The van der Waals surface area contributed by atoms with Gasteiger partial charge in [0.05, 0.1) is 6.42 Å². The van der Waals surface area contributed by atoms with Crippen LogP contribution in [0.15, 0.2) is 96.0 Å². The number of carbonyl (C=O) groups is 2. The van der Waals surface area contributed by atoms with Gasteiger partial charge in [-0.15, -0.1) is 11.8 Å². The number of amides is 2. The molecular weight excluding hydrogens is 478 g/mol. The zero-order valence-electron chi connectivity index (χ0n) is 21.0. The minimum absolute atomic E-state index is 0.0289. The quantitative estimate of drug-likeness (QED) is 0.285. The Morgan fingerprint density at radius 1 is 0.973 bits per heavy atom. The fraction of sp³-hybridized carbons (Fsp3) is 0.194. The van der Waals surface area contributed by atoms with Crippen LogP contribution in [-0.4, -0.2) is 28.6 Å². The fourth-order valence-corrected chi connectivity index (χ4v) is 5.49. The van der Waals surface area contributed by atoms with Crippen molar-refractivity contribution in [2.45, 2.75) is 36.8 Å². The number of hydrogen-bond donors (Lipinski definition) is 1. The first kappa shape index (κ1) is 24.8. The molecule has 6 heteroatoms. The SMILES string of the molecule is CC(C)Sc1ccc(-c2ccccc2)c(C(=O)Nc2ccc3c(c2)CCN3C(=O)Cc2ccccn2)c1. The second-order valence-electron chi connectivity index (χ2n) is 9.33. The summed E-state index contributed by atoms with van der Waals surface area (Å²) in [6.45, 7) is 4.92. The lowest BCUT2D eigenvalue weighted by molar-refractivity contribution is -0.117. The molecule has 0 saturated heterocycles. The molecule has 1 aliphatic heterocycles. The highest BCUT2D eigenvalue weighted by Crippen LogP contribution is 2.33. The van der Waals surface area contributed by atoms with Crippen LogP contribution in [0.3, 0.4) is 0 Å². The van der Waals surface area contributed by atoms with E-state index in [9.17, 15) is 9.59 Å². The molecule has 1 aromatic heterocycles. The van der Waals surface area contributed by atoms with Crippen LogP contribution in [0.1, 0.15) is 35.5 Å². The maximum atomic E-state index is 13.5. The normalized spacial score (nSPS) is 12.5. The largest absolute Gasteiger partial charge is 0.322 e. The average molecular weight is 508 g/mol. The summed E-state index contributed by atoms with van der Waals surface area (Å²) >= 11 is 1.74. The van der Waals surface area contributed by atoms with E-state index >= 15 is 0 Å². The maximum Gasteiger partial charge on any atom is 0.256 e. The summed E-state index contributed by atoms with van der Waals surface area (Å²) < 4.78 is 0. The Balaban J connectivity index is 1.37. The van der Waals surface area contributed by atoms with Gasteiger partial charge in [-0.3, -0.25) is 14.6 Å². The first-order chi connectivity index (χ1) is 18.0. The smallest absolute Gasteiger partial charge is 0.256 e. The van der Waals surface area contributed by atoms with Crippen LogP contribution < -0.4 is 10.2 Å². The summed E-state index contributed by atoms with van der Waals surface area (Å²) in [5.74, 6) is -0.118. The monoisotopic (exact) mass is 507 g/mol. The molecule has 0 radical (unpaired) electrons. The molecule has 2 amide bonds. The standard InChI is InChI=1S/C31H29N3O2S/c1-21(2)37-26-12-13-27(22-8-4-3-5-9-22)28(20-26)31(36)33-25-11-14-29-23(18-25)15-17-34(29)30(35)19-24-10-6-7-16-32-24/h3-14,16,18,20-21H,15,17,19H2,1-2H3,(H,33,36). The van der Waals surface area contributed by atoms with Crippen molar-refractivity contribution in [2.75, 3.05) is 16.8 Å². The van der Waals surface area contributed by atoms with Crippen LogP contribution in [0, 0.1) is 0 Å². The topological polar surface area (TPSA) is 62.3 Å². The van der Waals surface area contributed by atoms with E-state index in [1.54, 1.807) is 18.0 Å². The van der Waals surface area contributed by atoms with E-state index in [1.807, 2.05) is 83.8 Å². The lowest BCUT2D eigenvalue weighted by Crippen LogP contribution is -2.30. The van der Waals surface area contributed by atoms with Crippen molar-refractivity contribution >= 4 is 35.0 Å². The van der Waals surface area contributed by atoms with Gasteiger partial charge in [0.2, 0.25) is 5.91 Å². The molecule has 0 atom stereocenters. The Hall–Kier alpha value is -3.90. The molecule has 37 heavy (non-hydrogen) atoms. The zero-order chi connectivity index (χ0) is 25.8. The minimum atomic E-state index is -0.147. The maximum absolute atomic E-state index is 13.5. The van der Waals surface area contributed by atoms with Gasteiger partial charge in [-0.05, 0) is 65.6 Å². The van der Waals surface area contributed by atoms with Gasteiger partial charge in [-0.25, -0.2) is 0 Å². The van der Waals surface area contributed by atoms with E-state index in [4.69, 9.17) is 0 Å². The Morgan fingerprint density at radius 3 is 2.54 bits per heavy atom. The average Bonchev–Trinajstić information content (AvgIpc) is 3.33. The molecule has 3 aromatic carbocycles. The molecule has 1 aliphatic rings. The molecule has 0 spiro atoms. The molecule has 5 nitrogen and oxygen atoms in total. The van der Waals surface area contributed by atoms with Gasteiger partial charge in [-0.2, -0.15) is 0 Å². The third kappa shape index (κ3) is 5.75. The number of fused-ring (bicyclic) bond motifs is 1. The van der Waals surface area contributed by atoms with Gasteiger partial charge in [-0.1, -0.05) is 56.3 Å². The van der Waals surface area contributed by atoms with Crippen LogP contribution >= 0.6 is 11.8 Å². The molecule has 0 aliphatic carbocycles. The van der Waals surface area contributed by atoms with Crippen molar-refractivity contribution in [3.8, 4) is 11.1 Å². The molecule has 0 unspecified atom stereocenters. The molecule has 1 N–H and O–H groups in total. The van der Waals surface area contributed by atoms with Gasteiger partial charge >= 0.3 is 0 Å². The van der Waals surface area contributed by atoms with E-state index in [1.165, 1.54) is 0 Å². The zero-order valence-corrected chi connectivity index (χ0v) is 21.8. The second-order valence-corrected chi connectivity index (χ2v) is 11.0. The Kier molecular flexibility index (Phi) is 7.37.